The van der Waals surface area contributed by atoms with Crippen molar-refractivity contribution in [3.05, 3.63) is 17.7 Å². The van der Waals surface area contributed by atoms with Gasteiger partial charge in [-0.1, -0.05) is 0 Å². The number of alkyl halides is 2. The highest BCUT2D eigenvalue weighted by atomic mass is 19.3. The Morgan fingerprint density at radius 2 is 1.33 bits per heavy atom. The van der Waals surface area contributed by atoms with Crippen LogP contribution >= 0.6 is 0 Å². The molecule has 0 unspecified atom stereocenters. The highest BCUT2D eigenvalue weighted by molar-refractivity contribution is 6.13. The van der Waals surface area contributed by atoms with E-state index in [4.69, 9.17) is 9.47 Å². The quantitative estimate of drug-likeness (QED) is 0.499. The number of amides is 2. The van der Waals surface area contributed by atoms with Crippen LogP contribution in [0.25, 0.3) is 0 Å². The number of carbonyl (C=O) groups excluding carboxylic acids is 3. The lowest BCUT2D eigenvalue weighted by Crippen LogP contribution is -2.44. The van der Waals surface area contributed by atoms with E-state index >= 15 is 0 Å². The van der Waals surface area contributed by atoms with Crippen LogP contribution in [0.15, 0.2) is 12.1 Å². The Bertz CT molecular complexity index is 843. The first kappa shape index (κ1) is 23.2. The zero-order valence-electron chi connectivity index (χ0n) is 17.6. The number of esters is 1. The molecule has 1 aromatic rings. The molecule has 30 heavy (non-hydrogen) atoms. The van der Waals surface area contributed by atoms with Gasteiger partial charge in [-0.2, -0.15) is 4.90 Å². The van der Waals surface area contributed by atoms with Crippen molar-refractivity contribution in [1.29, 1.82) is 0 Å². The number of nitrogens with zero attached hydrogens (tertiary/aromatic N) is 1. The molecular formula is C19H23F2NO8. The second kappa shape index (κ2) is 7.62. The minimum absolute atomic E-state index is 0.406. The van der Waals surface area contributed by atoms with E-state index in [1.165, 1.54) is 0 Å². The van der Waals surface area contributed by atoms with Gasteiger partial charge in [-0.15, -0.1) is 8.78 Å². The standard InChI is InChI=1S/C19H23F2NO8/c1-17(2,3)29-15(24)22(16(25)30-18(4,5)6)11-9-13-12(27-19(20,21)28-13)8-10(11)14(23)26-7/h8-9H,1-7H3. The first-order chi connectivity index (χ1) is 13.5. The molecule has 2 rings (SSSR count). The molecule has 0 spiro atoms. The fourth-order valence-corrected chi connectivity index (χ4v) is 2.33. The van der Waals surface area contributed by atoms with Crippen molar-refractivity contribution >= 4 is 23.8 Å². The lowest BCUT2D eigenvalue weighted by molar-refractivity contribution is -0.286. The molecule has 11 heteroatoms. The maximum absolute atomic E-state index is 13.5. The summed E-state index contributed by atoms with van der Waals surface area (Å²) in [5.74, 6) is -2.00. The third kappa shape index (κ3) is 5.49. The summed E-state index contributed by atoms with van der Waals surface area (Å²) < 4.78 is 50.8. The third-order valence-electron chi connectivity index (χ3n) is 3.32. The Hall–Kier alpha value is -3.11. The van der Waals surface area contributed by atoms with E-state index < -0.39 is 58.4 Å². The number of hydrogen-bond acceptors (Lipinski definition) is 8. The summed E-state index contributed by atoms with van der Waals surface area (Å²) in [5, 5.41) is 0. The van der Waals surface area contributed by atoms with Gasteiger partial charge in [0.25, 0.3) is 0 Å². The maximum atomic E-state index is 13.5. The van der Waals surface area contributed by atoms with Gasteiger partial charge in [0, 0.05) is 12.1 Å². The predicted molar refractivity (Wildman–Crippen MR) is 98.9 cm³/mol. The molecule has 1 aromatic carbocycles. The van der Waals surface area contributed by atoms with Crippen molar-refractivity contribution in [2.24, 2.45) is 0 Å². The molecule has 1 aliphatic heterocycles. The highest BCUT2D eigenvalue weighted by Crippen LogP contribution is 2.45. The van der Waals surface area contributed by atoms with Crippen molar-refractivity contribution < 1.29 is 46.8 Å². The molecule has 0 atom stereocenters. The number of rotatable bonds is 2. The second-order valence-corrected chi connectivity index (χ2v) is 8.27. The Morgan fingerprint density at radius 1 is 0.900 bits per heavy atom. The lowest BCUT2D eigenvalue weighted by Gasteiger charge is -2.29. The van der Waals surface area contributed by atoms with Crippen LogP contribution in [0.4, 0.5) is 24.1 Å². The van der Waals surface area contributed by atoms with Crippen molar-refractivity contribution in [3.8, 4) is 11.5 Å². The number of hydrogen-bond donors (Lipinski definition) is 0. The van der Waals surface area contributed by atoms with Crippen LogP contribution in [-0.2, 0) is 14.2 Å². The number of ether oxygens (including phenoxy) is 5. The summed E-state index contributed by atoms with van der Waals surface area (Å²) >= 11 is 0. The average molecular weight is 431 g/mol. The predicted octanol–water partition coefficient (Wildman–Crippen LogP) is 4.47. The fourth-order valence-electron chi connectivity index (χ4n) is 2.33. The summed E-state index contributed by atoms with van der Waals surface area (Å²) in [6.45, 7) is 9.33. The van der Waals surface area contributed by atoms with Crippen molar-refractivity contribution in [2.45, 2.75) is 59.0 Å². The van der Waals surface area contributed by atoms with E-state index in [1.807, 2.05) is 0 Å². The van der Waals surface area contributed by atoms with Gasteiger partial charge < -0.3 is 23.7 Å². The molecule has 0 saturated heterocycles. The van der Waals surface area contributed by atoms with Gasteiger partial charge in [-0.05, 0) is 41.5 Å². The molecule has 1 aliphatic rings. The first-order valence-electron chi connectivity index (χ1n) is 8.81. The van der Waals surface area contributed by atoms with Gasteiger partial charge in [0.15, 0.2) is 11.5 Å². The van der Waals surface area contributed by atoms with Crippen LogP contribution in [0.2, 0.25) is 0 Å². The van der Waals surface area contributed by atoms with Gasteiger partial charge in [0.1, 0.15) is 11.2 Å². The largest absolute Gasteiger partial charge is 0.586 e. The summed E-state index contributed by atoms with van der Waals surface area (Å²) in [5.41, 5.74) is -2.90. The smallest absolute Gasteiger partial charge is 0.465 e. The Labute approximate surface area is 171 Å². The maximum Gasteiger partial charge on any atom is 0.586 e. The highest BCUT2D eigenvalue weighted by Gasteiger charge is 2.45. The van der Waals surface area contributed by atoms with Gasteiger partial charge >= 0.3 is 24.5 Å². The zero-order chi connectivity index (χ0) is 23.1. The van der Waals surface area contributed by atoms with Crippen LogP contribution in [0, 0.1) is 0 Å². The van der Waals surface area contributed by atoms with Gasteiger partial charge in [0.2, 0.25) is 0 Å². The van der Waals surface area contributed by atoms with Crippen LogP contribution in [-0.4, -0.2) is 42.8 Å². The van der Waals surface area contributed by atoms with Crippen molar-refractivity contribution in [2.75, 3.05) is 12.0 Å². The second-order valence-electron chi connectivity index (χ2n) is 8.27. The van der Waals surface area contributed by atoms with E-state index in [2.05, 4.69) is 14.2 Å². The van der Waals surface area contributed by atoms with E-state index in [-0.39, 0.29) is 0 Å². The van der Waals surface area contributed by atoms with Crippen LogP contribution in [0.5, 0.6) is 11.5 Å². The molecule has 2 amide bonds. The normalized spacial score (nSPS) is 14.7. The molecule has 0 bridgehead atoms. The Kier molecular flexibility index (Phi) is 5.88. The van der Waals surface area contributed by atoms with Crippen LogP contribution in [0.3, 0.4) is 0 Å². The average Bonchev–Trinajstić information content (AvgIpc) is 2.82. The number of fused-ring (bicyclic) bond motifs is 1. The molecule has 166 valence electrons. The number of benzene rings is 1. The fraction of sp³-hybridized carbons (Fsp3) is 0.526. The zero-order valence-corrected chi connectivity index (χ0v) is 17.6. The van der Waals surface area contributed by atoms with Crippen molar-refractivity contribution in [1.82, 2.24) is 0 Å². The summed E-state index contributed by atoms with van der Waals surface area (Å²) in [6.07, 6.45) is -6.39. The van der Waals surface area contributed by atoms with E-state index in [1.54, 1.807) is 41.5 Å². The molecule has 9 nitrogen and oxygen atoms in total. The molecule has 0 saturated carbocycles. The number of imide groups is 1. The number of carbonyl (C=O) groups is 3. The SMILES string of the molecule is COC(=O)c1cc2c(cc1N(C(=O)OC(C)(C)C)C(=O)OC(C)(C)C)OC(F)(F)O2. The number of anilines is 1. The molecule has 1 heterocycles. The van der Waals surface area contributed by atoms with Crippen LogP contribution < -0.4 is 14.4 Å². The molecule has 0 N–H and O–H groups in total. The summed E-state index contributed by atoms with van der Waals surface area (Å²) in [7, 11) is 1.04. The minimum Gasteiger partial charge on any atom is -0.465 e. The van der Waals surface area contributed by atoms with E-state index in [0.717, 1.165) is 19.2 Å². The third-order valence-corrected chi connectivity index (χ3v) is 3.32. The lowest BCUT2D eigenvalue weighted by atomic mass is 10.1. The van der Waals surface area contributed by atoms with Crippen molar-refractivity contribution in [3.63, 3.8) is 0 Å². The Morgan fingerprint density at radius 3 is 1.73 bits per heavy atom. The molecule has 0 radical (unpaired) electrons. The van der Waals surface area contributed by atoms with Gasteiger partial charge in [0.05, 0.1) is 18.4 Å². The first-order valence-corrected chi connectivity index (χ1v) is 8.81. The number of halogens is 2. The molecule has 0 fully saturated rings. The Balaban J connectivity index is 2.65. The van der Waals surface area contributed by atoms with Crippen LogP contribution in [0.1, 0.15) is 51.9 Å². The monoisotopic (exact) mass is 431 g/mol. The van der Waals surface area contributed by atoms with Gasteiger partial charge in [-0.3, -0.25) is 0 Å². The molecule has 0 aliphatic carbocycles. The van der Waals surface area contributed by atoms with E-state index in [9.17, 15) is 23.2 Å². The summed E-state index contributed by atoms with van der Waals surface area (Å²) in [4.78, 5) is 38.3. The molecular weight excluding hydrogens is 408 g/mol. The number of methoxy groups -OCH3 is 1. The van der Waals surface area contributed by atoms with Gasteiger partial charge in [-0.25, -0.2) is 14.4 Å². The summed E-state index contributed by atoms with van der Waals surface area (Å²) in [6, 6.07) is 1.75. The minimum atomic E-state index is -3.99. The topological polar surface area (TPSA) is 101 Å². The van der Waals surface area contributed by atoms with E-state index in [0.29, 0.717) is 4.90 Å². The molecule has 0 aromatic heterocycles.